The van der Waals surface area contributed by atoms with Crippen molar-refractivity contribution in [1.82, 2.24) is 9.55 Å². The van der Waals surface area contributed by atoms with Crippen molar-refractivity contribution in [2.45, 2.75) is 9.79 Å². The fraction of sp³-hybridized carbons (Fsp3) is 0.0323. The minimum absolute atomic E-state index is 0. The Labute approximate surface area is 234 Å². The molecule has 37 heavy (non-hydrogen) atoms. The van der Waals surface area contributed by atoms with Gasteiger partial charge in [0.1, 0.15) is 5.82 Å². The van der Waals surface area contributed by atoms with Gasteiger partial charge in [-0.2, -0.15) is 30.9 Å². The molecule has 6 aromatic rings. The molecule has 4 nitrogen and oxygen atoms in total. The quantitative estimate of drug-likeness (QED) is 0.179. The average Bonchev–Trinajstić information content (AvgIpc) is 3.44. The monoisotopic (exact) mass is 676 g/mol. The van der Waals surface area contributed by atoms with Crippen molar-refractivity contribution in [2.24, 2.45) is 0 Å². The molecule has 6 heteroatoms. The normalized spacial score (nSPS) is 12.7. The third-order valence-electron chi connectivity index (χ3n) is 6.48. The molecule has 0 fully saturated rings. The number of hydrogen-bond acceptors (Lipinski definition) is 4. The molecule has 184 valence electrons. The second-order valence-corrected chi connectivity index (χ2v) is 9.80. The summed E-state index contributed by atoms with van der Waals surface area (Å²) in [5.41, 5.74) is 5.52. The molecular formula is C31H21N4PtS-3. The van der Waals surface area contributed by atoms with Gasteiger partial charge in [-0.1, -0.05) is 41.9 Å². The summed E-state index contributed by atoms with van der Waals surface area (Å²) in [6, 6.07) is 40.8. The number of rotatable bonds is 4. The Morgan fingerprint density at radius 3 is 2.38 bits per heavy atom. The van der Waals surface area contributed by atoms with Crippen LogP contribution in [0, 0.1) is 18.8 Å². The second kappa shape index (κ2) is 9.74. The minimum atomic E-state index is 0. The van der Waals surface area contributed by atoms with E-state index in [0.717, 1.165) is 38.0 Å². The zero-order valence-corrected chi connectivity index (χ0v) is 23.0. The largest absolute Gasteiger partial charge is 0.504 e. The zero-order valence-electron chi connectivity index (χ0n) is 19.9. The molecule has 3 heterocycles. The Morgan fingerprint density at radius 1 is 0.730 bits per heavy atom. The zero-order chi connectivity index (χ0) is 24.1. The Bertz CT molecular complexity index is 1730. The summed E-state index contributed by atoms with van der Waals surface area (Å²) < 4.78 is 2.20. The molecule has 0 spiro atoms. The standard InChI is InChI=1S/C31H21N4S.Pt/c1-33-21-34(29-14-5-4-13-28(29)33)22-9-8-10-23(19-22)36-24-16-17-26-25-11-2-3-12-27(25)35(30(26)20-24)31-15-6-7-18-32-31;/h2-18,21H,1H3;/q-3;. The van der Waals surface area contributed by atoms with Crippen molar-refractivity contribution in [3.8, 4) is 5.82 Å². The summed E-state index contributed by atoms with van der Waals surface area (Å²) in [6.07, 6.45) is 1.83. The van der Waals surface area contributed by atoms with Gasteiger partial charge < -0.3 is 14.4 Å². The van der Waals surface area contributed by atoms with Crippen LogP contribution in [0.4, 0.5) is 17.1 Å². The van der Waals surface area contributed by atoms with Gasteiger partial charge in [0.25, 0.3) is 0 Å². The van der Waals surface area contributed by atoms with Crippen molar-refractivity contribution in [1.29, 1.82) is 0 Å². The van der Waals surface area contributed by atoms with Crippen LogP contribution in [0.5, 0.6) is 0 Å². The Morgan fingerprint density at radius 2 is 1.51 bits per heavy atom. The number of pyridine rings is 1. The van der Waals surface area contributed by atoms with Crippen LogP contribution in [-0.2, 0) is 21.1 Å². The summed E-state index contributed by atoms with van der Waals surface area (Å²) in [5, 5.41) is 2.37. The molecule has 0 radical (unpaired) electrons. The fourth-order valence-corrected chi connectivity index (χ4v) is 5.69. The fourth-order valence-electron chi connectivity index (χ4n) is 4.87. The van der Waals surface area contributed by atoms with Crippen LogP contribution in [0.2, 0.25) is 0 Å². The Kier molecular flexibility index (Phi) is 6.27. The van der Waals surface area contributed by atoms with Crippen molar-refractivity contribution in [2.75, 3.05) is 16.8 Å². The minimum Gasteiger partial charge on any atom is -0.504 e. The van der Waals surface area contributed by atoms with E-state index < -0.39 is 0 Å². The topological polar surface area (TPSA) is 24.3 Å². The van der Waals surface area contributed by atoms with Crippen LogP contribution in [0.15, 0.2) is 113 Å². The van der Waals surface area contributed by atoms with Crippen molar-refractivity contribution < 1.29 is 21.1 Å². The van der Waals surface area contributed by atoms with Crippen molar-refractivity contribution in [3.05, 3.63) is 122 Å². The first-order valence-electron chi connectivity index (χ1n) is 11.8. The van der Waals surface area contributed by atoms with E-state index in [1.54, 1.807) is 11.8 Å². The molecule has 7 rings (SSSR count). The maximum atomic E-state index is 4.63. The summed E-state index contributed by atoms with van der Waals surface area (Å²) in [5.74, 6) is 0.892. The molecule has 0 N–H and O–H groups in total. The van der Waals surface area contributed by atoms with Gasteiger partial charge in [-0.15, -0.1) is 50.8 Å². The van der Waals surface area contributed by atoms with Gasteiger partial charge in [-0.05, 0) is 42.8 Å². The third kappa shape index (κ3) is 4.13. The first-order chi connectivity index (χ1) is 17.8. The molecule has 0 atom stereocenters. The van der Waals surface area contributed by atoms with E-state index in [-0.39, 0.29) is 21.1 Å². The number of hydrogen-bond donors (Lipinski definition) is 0. The molecule has 2 aromatic heterocycles. The summed E-state index contributed by atoms with van der Waals surface area (Å²) >= 11 is 1.67. The van der Waals surface area contributed by atoms with Gasteiger partial charge in [0.2, 0.25) is 0 Å². The van der Waals surface area contributed by atoms with E-state index in [1.807, 2.05) is 24.4 Å². The smallest absolute Gasteiger partial charge is 0.135 e. The van der Waals surface area contributed by atoms with E-state index in [2.05, 4.69) is 124 Å². The molecule has 0 aliphatic carbocycles. The SMILES string of the molecule is CN1[CH-]N(c2[c-]c(Sc3[c-]c4c(cc3)c3ccccc3n4-c3ccccn3)ccc2)c2ccccc21.[Pt]. The van der Waals surface area contributed by atoms with Gasteiger partial charge in [-0.3, -0.25) is 0 Å². The van der Waals surface area contributed by atoms with Gasteiger partial charge in [0, 0.05) is 44.2 Å². The van der Waals surface area contributed by atoms with Crippen LogP contribution in [0.25, 0.3) is 27.6 Å². The molecule has 1 aliphatic rings. The second-order valence-electron chi connectivity index (χ2n) is 8.71. The molecule has 1 aliphatic heterocycles. The number of nitrogens with zero attached hydrogens (tertiary/aromatic N) is 4. The summed E-state index contributed by atoms with van der Waals surface area (Å²) in [4.78, 5) is 11.0. The number of para-hydroxylation sites is 3. The van der Waals surface area contributed by atoms with E-state index in [9.17, 15) is 0 Å². The van der Waals surface area contributed by atoms with Gasteiger partial charge >= 0.3 is 0 Å². The van der Waals surface area contributed by atoms with Crippen LogP contribution >= 0.6 is 11.8 Å². The Hall–Kier alpha value is -3.53. The third-order valence-corrected chi connectivity index (χ3v) is 7.39. The van der Waals surface area contributed by atoms with Gasteiger partial charge in [-0.25, -0.2) is 4.98 Å². The van der Waals surface area contributed by atoms with Crippen LogP contribution in [-0.4, -0.2) is 16.6 Å². The van der Waals surface area contributed by atoms with E-state index >= 15 is 0 Å². The molecule has 0 saturated carbocycles. The van der Waals surface area contributed by atoms with Crippen LogP contribution in [0.3, 0.4) is 0 Å². The molecule has 0 bridgehead atoms. The van der Waals surface area contributed by atoms with Crippen LogP contribution in [0.1, 0.15) is 0 Å². The first kappa shape index (κ1) is 23.8. The maximum Gasteiger partial charge on any atom is 0.135 e. The van der Waals surface area contributed by atoms with E-state index in [1.165, 1.54) is 16.5 Å². The number of fused-ring (bicyclic) bond motifs is 4. The molecular weight excluding hydrogens is 656 g/mol. The molecule has 0 amide bonds. The maximum absolute atomic E-state index is 4.63. The van der Waals surface area contributed by atoms with Crippen LogP contribution < -0.4 is 9.80 Å². The van der Waals surface area contributed by atoms with E-state index in [0.29, 0.717) is 0 Å². The average molecular weight is 677 g/mol. The first-order valence-corrected chi connectivity index (χ1v) is 12.6. The van der Waals surface area contributed by atoms with Gasteiger partial charge in [0.05, 0.1) is 0 Å². The van der Waals surface area contributed by atoms with Crippen molar-refractivity contribution >= 4 is 50.6 Å². The number of benzene rings is 4. The summed E-state index contributed by atoms with van der Waals surface area (Å²) in [7, 11) is 2.07. The van der Waals surface area contributed by atoms with Gasteiger partial charge in [0.15, 0.2) is 0 Å². The van der Waals surface area contributed by atoms with E-state index in [4.69, 9.17) is 0 Å². The molecule has 4 aromatic carbocycles. The summed E-state index contributed by atoms with van der Waals surface area (Å²) in [6.45, 7) is 2.11. The molecule has 0 saturated heterocycles. The predicted octanol–water partition coefficient (Wildman–Crippen LogP) is 7.63. The molecule has 0 unspecified atom stereocenters. The Balaban J connectivity index is 0.00000252. The predicted molar refractivity (Wildman–Crippen MR) is 148 cm³/mol. The number of aromatic nitrogens is 2. The van der Waals surface area contributed by atoms with Crippen molar-refractivity contribution in [3.63, 3.8) is 0 Å². The number of anilines is 3.